The van der Waals surface area contributed by atoms with Gasteiger partial charge >= 0.3 is 6.09 Å². The number of nitrogens with zero attached hydrogens (tertiary/aromatic N) is 6. The second kappa shape index (κ2) is 13.3. The lowest BCUT2D eigenvalue weighted by atomic mass is 9.84. The molecule has 0 N–H and O–H groups in total. The van der Waals surface area contributed by atoms with Gasteiger partial charge < -0.3 is 14.8 Å². The molecule has 0 aliphatic carbocycles. The summed E-state index contributed by atoms with van der Waals surface area (Å²) in [6, 6.07) is 28.1. The molecule has 0 saturated carbocycles. The first-order valence-corrected chi connectivity index (χ1v) is 15.9. The van der Waals surface area contributed by atoms with Gasteiger partial charge in [-0.05, 0) is 97.3 Å². The van der Waals surface area contributed by atoms with E-state index in [1.165, 1.54) is 11.9 Å². The van der Waals surface area contributed by atoms with Crippen molar-refractivity contribution in [3.8, 4) is 16.8 Å². The summed E-state index contributed by atoms with van der Waals surface area (Å²) in [5, 5.41) is 26.0. The molecule has 5 aromatic rings. The summed E-state index contributed by atoms with van der Waals surface area (Å²) in [5.74, 6) is 0.124. The number of hydrogen-bond donors (Lipinski definition) is 0. The van der Waals surface area contributed by atoms with Gasteiger partial charge in [-0.15, -0.1) is 5.10 Å². The maximum atomic E-state index is 13.9. The lowest BCUT2D eigenvalue weighted by Crippen LogP contribution is -2.41. The molecule has 0 spiro atoms. The predicted octanol–water partition coefficient (Wildman–Crippen LogP) is 7.11. The number of halogens is 1. The summed E-state index contributed by atoms with van der Waals surface area (Å²) in [4.78, 5) is 14.4. The van der Waals surface area contributed by atoms with Gasteiger partial charge in [0.2, 0.25) is 5.69 Å². The Morgan fingerprint density at radius 3 is 2.50 bits per heavy atom. The van der Waals surface area contributed by atoms with E-state index in [9.17, 15) is 10.0 Å². The maximum Gasteiger partial charge on any atom is 0.410 e. The largest absolute Gasteiger partial charge is 0.618 e. The summed E-state index contributed by atoms with van der Waals surface area (Å²) >= 11 is 6.38. The number of hydrogen-bond acceptors (Lipinski definition) is 6. The standard InChI is InChI=1S/C36H37ClN6O3/c1-36(2,3)46-35(44)41-18-16-26(17-19-41)27-10-7-11-28(21-27)31(20-25-8-5-4-6-9-25)34-14-12-29(23-43(34)45)32-22-30(37)13-15-33(32)42-24-38-39-40-42/h4-15,21-24,26,31H,16-20H2,1-3H3/t31-/m0/s1. The molecule has 0 radical (unpaired) electrons. The van der Waals surface area contributed by atoms with Gasteiger partial charge in [0.25, 0.3) is 0 Å². The van der Waals surface area contributed by atoms with Gasteiger partial charge in [0.05, 0.1) is 11.6 Å². The Balaban J connectivity index is 1.30. The maximum absolute atomic E-state index is 13.9. The zero-order valence-electron chi connectivity index (χ0n) is 26.2. The van der Waals surface area contributed by atoms with E-state index in [-0.39, 0.29) is 12.0 Å². The zero-order chi connectivity index (χ0) is 32.3. The molecule has 1 atom stereocenters. The topological polar surface area (TPSA) is 100 Å². The predicted molar refractivity (Wildman–Crippen MR) is 177 cm³/mol. The van der Waals surface area contributed by atoms with Gasteiger partial charge in [-0.1, -0.05) is 66.2 Å². The fourth-order valence-electron chi connectivity index (χ4n) is 6.13. The minimum atomic E-state index is -0.516. The first kappa shape index (κ1) is 31.2. The lowest BCUT2D eigenvalue weighted by Gasteiger charge is -2.33. The molecule has 1 aliphatic rings. The molecule has 236 valence electrons. The smallest absolute Gasteiger partial charge is 0.410 e. The minimum absolute atomic E-state index is 0.186. The van der Waals surface area contributed by atoms with Gasteiger partial charge in [0.1, 0.15) is 11.9 Å². The molecule has 6 rings (SSSR count). The van der Waals surface area contributed by atoms with Crippen LogP contribution in [0.2, 0.25) is 5.02 Å². The summed E-state index contributed by atoms with van der Waals surface area (Å²) in [5.41, 5.74) is 5.74. The molecule has 1 aliphatic heterocycles. The van der Waals surface area contributed by atoms with E-state index in [0.29, 0.717) is 47.4 Å². The van der Waals surface area contributed by atoms with Crippen molar-refractivity contribution in [3.63, 3.8) is 0 Å². The second-order valence-electron chi connectivity index (χ2n) is 12.7. The van der Waals surface area contributed by atoms with Crippen molar-refractivity contribution in [1.29, 1.82) is 0 Å². The number of tetrazole rings is 1. The number of pyridine rings is 1. The molecule has 1 amide bonds. The van der Waals surface area contributed by atoms with E-state index >= 15 is 0 Å². The number of piperidine rings is 1. The highest BCUT2D eigenvalue weighted by Crippen LogP contribution is 2.35. The van der Waals surface area contributed by atoms with Crippen molar-refractivity contribution in [2.75, 3.05) is 13.1 Å². The molecule has 10 heteroatoms. The first-order valence-electron chi connectivity index (χ1n) is 15.5. The Kier molecular flexibility index (Phi) is 9.03. The minimum Gasteiger partial charge on any atom is -0.618 e. The van der Waals surface area contributed by atoms with Crippen molar-refractivity contribution in [2.24, 2.45) is 0 Å². The Morgan fingerprint density at radius 1 is 1.02 bits per heavy atom. The average molecular weight is 637 g/mol. The molecule has 1 saturated heterocycles. The summed E-state index contributed by atoms with van der Waals surface area (Å²) in [6.45, 7) is 6.96. The van der Waals surface area contributed by atoms with Gasteiger partial charge in [-0.2, -0.15) is 9.41 Å². The van der Waals surface area contributed by atoms with E-state index in [1.54, 1.807) is 21.8 Å². The van der Waals surface area contributed by atoms with Crippen molar-refractivity contribution in [2.45, 2.75) is 57.5 Å². The first-order chi connectivity index (χ1) is 22.1. The normalized spacial score (nSPS) is 14.7. The van der Waals surface area contributed by atoms with Crippen molar-refractivity contribution >= 4 is 17.7 Å². The molecule has 2 aromatic heterocycles. The van der Waals surface area contributed by atoms with Crippen molar-refractivity contribution in [3.05, 3.63) is 130 Å². The van der Waals surface area contributed by atoms with Crippen LogP contribution in [-0.2, 0) is 11.2 Å². The van der Waals surface area contributed by atoms with Crippen LogP contribution in [0, 0.1) is 5.21 Å². The Labute approximate surface area is 274 Å². The molecule has 0 bridgehead atoms. The Bertz CT molecular complexity index is 1800. The molecule has 46 heavy (non-hydrogen) atoms. The van der Waals surface area contributed by atoms with Crippen molar-refractivity contribution < 1.29 is 14.3 Å². The van der Waals surface area contributed by atoms with Crippen LogP contribution in [-0.4, -0.2) is 49.9 Å². The highest BCUT2D eigenvalue weighted by Gasteiger charge is 2.29. The third-order valence-electron chi connectivity index (χ3n) is 8.38. The zero-order valence-corrected chi connectivity index (χ0v) is 27.0. The molecular weight excluding hydrogens is 600 g/mol. The quantitative estimate of drug-likeness (QED) is 0.139. The number of carbonyl (C=O) groups is 1. The van der Waals surface area contributed by atoms with Crippen LogP contribution in [0.15, 0.2) is 97.5 Å². The van der Waals surface area contributed by atoms with Gasteiger partial charge in [-0.3, -0.25) is 0 Å². The Morgan fingerprint density at radius 2 is 1.80 bits per heavy atom. The number of aromatic nitrogens is 5. The average Bonchev–Trinajstić information content (AvgIpc) is 3.59. The number of amides is 1. The number of likely N-dealkylation sites (tertiary alicyclic amines) is 1. The molecule has 1 fully saturated rings. The number of benzene rings is 3. The van der Waals surface area contributed by atoms with Crippen LogP contribution in [0.5, 0.6) is 0 Å². The van der Waals surface area contributed by atoms with Crippen LogP contribution < -0.4 is 4.73 Å². The highest BCUT2D eigenvalue weighted by atomic mass is 35.5. The van der Waals surface area contributed by atoms with Crippen LogP contribution in [0.1, 0.15) is 67.8 Å². The number of ether oxygens (including phenoxy) is 1. The van der Waals surface area contributed by atoms with E-state index in [0.717, 1.165) is 34.3 Å². The summed E-state index contributed by atoms with van der Waals surface area (Å²) < 4.78 is 8.12. The number of rotatable bonds is 7. The van der Waals surface area contributed by atoms with Gasteiger partial charge in [-0.25, -0.2) is 4.79 Å². The van der Waals surface area contributed by atoms with Crippen molar-refractivity contribution in [1.82, 2.24) is 25.1 Å². The fraction of sp³-hybridized carbons (Fsp3) is 0.306. The van der Waals surface area contributed by atoms with E-state index in [1.807, 2.05) is 63.2 Å². The van der Waals surface area contributed by atoms with Crippen LogP contribution in [0.4, 0.5) is 4.79 Å². The SMILES string of the molecule is CC(C)(C)OC(=O)N1CCC(c2cccc([C@H](Cc3ccccc3)c3ccc(-c4cc(Cl)ccc4-n4cnnn4)c[n+]3[O-])c2)CC1. The van der Waals surface area contributed by atoms with Gasteiger partial charge in [0.15, 0.2) is 6.20 Å². The third-order valence-corrected chi connectivity index (χ3v) is 8.62. The monoisotopic (exact) mass is 636 g/mol. The van der Waals surface area contributed by atoms with Crippen LogP contribution >= 0.6 is 11.6 Å². The molecule has 3 aromatic carbocycles. The van der Waals surface area contributed by atoms with Crippen LogP contribution in [0.3, 0.4) is 0 Å². The third kappa shape index (κ3) is 7.21. The second-order valence-corrected chi connectivity index (χ2v) is 13.2. The Hall–Kier alpha value is -4.76. The number of carbonyl (C=O) groups excluding carboxylic acids is 1. The fourth-order valence-corrected chi connectivity index (χ4v) is 6.30. The molecule has 0 unspecified atom stereocenters. The van der Waals surface area contributed by atoms with E-state index < -0.39 is 5.60 Å². The van der Waals surface area contributed by atoms with E-state index in [2.05, 4.69) is 51.9 Å². The van der Waals surface area contributed by atoms with Crippen LogP contribution in [0.25, 0.3) is 16.8 Å². The lowest BCUT2D eigenvalue weighted by molar-refractivity contribution is -0.614. The molecule has 3 heterocycles. The van der Waals surface area contributed by atoms with E-state index in [4.69, 9.17) is 16.3 Å². The highest BCUT2D eigenvalue weighted by molar-refractivity contribution is 6.31. The summed E-state index contributed by atoms with van der Waals surface area (Å²) in [6.07, 6.45) is 5.22. The molecule has 9 nitrogen and oxygen atoms in total. The van der Waals surface area contributed by atoms with Gasteiger partial charge in [0, 0.05) is 35.3 Å². The molecular formula is C36H37ClN6O3. The summed E-state index contributed by atoms with van der Waals surface area (Å²) in [7, 11) is 0.